The molecular formula is C32H35N5O4. The fourth-order valence-corrected chi connectivity index (χ4v) is 5.31. The van der Waals surface area contributed by atoms with E-state index in [0.717, 1.165) is 29.5 Å². The molecule has 0 saturated carbocycles. The third kappa shape index (κ3) is 6.40. The maximum atomic E-state index is 14.2. The summed E-state index contributed by atoms with van der Waals surface area (Å²) in [5.41, 5.74) is 4.06. The van der Waals surface area contributed by atoms with E-state index in [1.165, 1.54) is 0 Å². The van der Waals surface area contributed by atoms with Crippen LogP contribution >= 0.6 is 0 Å². The predicted octanol–water partition coefficient (Wildman–Crippen LogP) is 5.15. The Morgan fingerprint density at radius 1 is 1.05 bits per heavy atom. The van der Waals surface area contributed by atoms with Crippen LogP contribution < -0.4 is 14.8 Å². The van der Waals surface area contributed by atoms with Crippen molar-refractivity contribution in [2.75, 3.05) is 19.5 Å². The van der Waals surface area contributed by atoms with Crippen LogP contribution in [0.2, 0.25) is 0 Å². The molecule has 0 radical (unpaired) electrons. The molecular weight excluding hydrogens is 518 g/mol. The van der Waals surface area contributed by atoms with Crippen LogP contribution in [-0.2, 0) is 22.7 Å². The number of aryl methyl sites for hydroxylation is 1. The fraction of sp³-hybridized carbons (Fsp3) is 0.312. The van der Waals surface area contributed by atoms with Crippen molar-refractivity contribution in [2.45, 2.75) is 45.3 Å². The first kappa shape index (κ1) is 27.9. The van der Waals surface area contributed by atoms with Gasteiger partial charge < -0.3 is 19.7 Å². The molecule has 1 N–H and O–H groups in total. The summed E-state index contributed by atoms with van der Waals surface area (Å²) in [4.78, 5) is 30.1. The molecule has 0 aliphatic heterocycles. The summed E-state index contributed by atoms with van der Waals surface area (Å²) in [7, 11) is 3.12. The van der Waals surface area contributed by atoms with Gasteiger partial charge in [0.15, 0.2) is 0 Å². The molecule has 1 heterocycles. The topological polar surface area (TPSA) is 98.6 Å². The fourth-order valence-electron chi connectivity index (χ4n) is 5.31. The maximum absolute atomic E-state index is 14.2. The number of amides is 2. The molecule has 9 nitrogen and oxygen atoms in total. The van der Waals surface area contributed by atoms with Gasteiger partial charge in [-0.3, -0.25) is 9.59 Å². The largest absolute Gasteiger partial charge is 0.497 e. The van der Waals surface area contributed by atoms with Crippen LogP contribution in [0.3, 0.4) is 0 Å². The third-order valence-corrected chi connectivity index (χ3v) is 7.53. The van der Waals surface area contributed by atoms with Crippen molar-refractivity contribution in [1.82, 2.24) is 19.9 Å². The SMILES string of the molecule is COc1ccc(NC(=O)[C@H]([C@@H]2CC=CCC2)N(Cc2ccc(C)cc2)C(=O)Cn2nnc3ccccc32)c(OC)c1. The molecule has 1 aliphatic carbocycles. The van der Waals surface area contributed by atoms with Crippen LogP contribution in [0.1, 0.15) is 30.4 Å². The van der Waals surface area contributed by atoms with Gasteiger partial charge in [0.2, 0.25) is 11.8 Å². The Bertz CT molecular complexity index is 1550. The normalized spacial score (nSPS) is 15.3. The molecule has 4 aromatic rings. The number of carbonyl (C=O) groups is 2. The molecule has 0 unspecified atom stereocenters. The summed E-state index contributed by atoms with van der Waals surface area (Å²) in [5, 5.41) is 11.5. The number of fused-ring (bicyclic) bond motifs is 1. The van der Waals surface area contributed by atoms with E-state index in [1.54, 1.807) is 42.0 Å². The number of anilines is 1. The molecule has 5 rings (SSSR count). The summed E-state index contributed by atoms with van der Waals surface area (Å²) < 4.78 is 12.5. The van der Waals surface area contributed by atoms with Crippen molar-refractivity contribution in [3.63, 3.8) is 0 Å². The molecule has 41 heavy (non-hydrogen) atoms. The van der Waals surface area contributed by atoms with Crippen molar-refractivity contribution >= 4 is 28.5 Å². The second kappa shape index (κ2) is 12.7. The van der Waals surface area contributed by atoms with E-state index in [9.17, 15) is 9.59 Å². The Hall–Kier alpha value is -4.66. The van der Waals surface area contributed by atoms with Crippen LogP contribution in [0.25, 0.3) is 11.0 Å². The van der Waals surface area contributed by atoms with Gasteiger partial charge >= 0.3 is 0 Å². The van der Waals surface area contributed by atoms with Gasteiger partial charge in [0.25, 0.3) is 0 Å². The minimum Gasteiger partial charge on any atom is -0.497 e. The first-order valence-corrected chi connectivity index (χ1v) is 13.8. The third-order valence-electron chi connectivity index (χ3n) is 7.53. The van der Waals surface area contributed by atoms with Crippen LogP contribution in [-0.4, -0.2) is 52.0 Å². The van der Waals surface area contributed by atoms with Crippen molar-refractivity contribution in [1.29, 1.82) is 0 Å². The average Bonchev–Trinajstić information content (AvgIpc) is 3.41. The molecule has 0 saturated heterocycles. The van der Waals surface area contributed by atoms with Gasteiger partial charge in [-0.15, -0.1) is 5.10 Å². The van der Waals surface area contributed by atoms with Gasteiger partial charge in [0.05, 0.1) is 25.4 Å². The van der Waals surface area contributed by atoms with E-state index < -0.39 is 6.04 Å². The molecule has 9 heteroatoms. The highest BCUT2D eigenvalue weighted by Crippen LogP contribution is 2.32. The highest BCUT2D eigenvalue weighted by molar-refractivity contribution is 5.98. The number of para-hydroxylation sites is 1. The molecule has 212 valence electrons. The number of allylic oxidation sites excluding steroid dienone is 2. The van der Waals surface area contributed by atoms with Gasteiger partial charge in [-0.2, -0.15) is 0 Å². The first-order chi connectivity index (χ1) is 20.0. The number of ether oxygens (including phenoxy) is 2. The van der Waals surface area contributed by atoms with E-state index in [0.29, 0.717) is 29.1 Å². The lowest BCUT2D eigenvalue weighted by atomic mass is 9.85. The summed E-state index contributed by atoms with van der Waals surface area (Å²) >= 11 is 0. The van der Waals surface area contributed by atoms with Gasteiger partial charge in [-0.25, -0.2) is 4.68 Å². The van der Waals surface area contributed by atoms with Crippen molar-refractivity contribution in [3.8, 4) is 11.5 Å². The average molecular weight is 554 g/mol. The minimum absolute atomic E-state index is 0.0371. The predicted molar refractivity (Wildman–Crippen MR) is 158 cm³/mol. The zero-order valence-corrected chi connectivity index (χ0v) is 23.6. The lowest BCUT2D eigenvalue weighted by molar-refractivity contribution is -0.142. The number of nitrogens with zero attached hydrogens (tertiary/aromatic N) is 4. The second-order valence-electron chi connectivity index (χ2n) is 10.3. The van der Waals surface area contributed by atoms with Gasteiger partial charge in [-0.05, 0) is 61.9 Å². The van der Waals surface area contributed by atoms with Crippen molar-refractivity contribution < 1.29 is 19.1 Å². The minimum atomic E-state index is -0.727. The monoisotopic (exact) mass is 553 g/mol. The van der Waals surface area contributed by atoms with E-state index in [4.69, 9.17) is 9.47 Å². The number of benzene rings is 3. The Kier molecular flexibility index (Phi) is 8.62. The van der Waals surface area contributed by atoms with E-state index >= 15 is 0 Å². The maximum Gasteiger partial charge on any atom is 0.247 e. The van der Waals surface area contributed by atoms with E-state index in [1.807, 2.05) is 55.5 Å². The van der Waals surface area contributed by atoms with E-state index in [2.05, 4.69) is 27.8 Å². The number of nitrogens with one attached hydrogen (secondary N) is 1. The Labute approximate surface area is 239 Å². The number of hydrogen-bond acceptors (Lipinski definition) is 6. The molecule has 0 bridgehead atoms. The number of methoxy groups -OCH3 is 2. The second-order valence-corrected chi connectivity index (χ2v) is 10.3. The van der Waals surface area contributed by atoms with Crippen LogP contribution in [0, 0.1) is 12.8 Å². The lowest BCUT2D eigenvalue weighted by Crippen LogP contribution is -2.52. The van der Waals surface area contributed by atoms with Crippen LogP contribution in [0.5, 0.6) is 11.5 Å². The van der Waals surface area contributed by atoms with Gasteiger partial charge in [-0.1, -0.05) is 59.3 Å². The number of rotatable bonds is 10. The van der Waals surface area contributed by atoms with Crippen LogP contribution in [0.4, 0.5) is 5.69 Å². The number of carbonyl (C=O) groups excluding carboxylic acids is 2. The Morgan fingerprint density at radius 2 is 1.85 bits per heavy atom. The molecule has 2 amide bonds. The summed E-state index contributed by atoms with van der Waals surface area (Å²) in [6.07, 6.45) is 6.56. The Balaban J connectivity index is 1.51. The highest BCUT2D eigenvalue weighted by Gasteiger charge is 2.37. The van der Waals surface area contributed by atoms with Gasteiger partial charge in [0.1, 0.15) is 29.6 Å². The standard InChI is InChI=1S/C32H35N5O4/c1-22-13-15-23(16-14-22)20-36(30(38)21-37-28-12-8-7-11-26(28)34-35-37)31(24-9-5-4-6-10-24)32(39)33-27-18-17-25(40-2)19-29(27)41-3/h4-5,7-8,11-19,24,31H,6,9-10,20-21H2,1-3H3,(H,33,39)/t24-,31+/m1/s1. The van der Waals surface area contributed by atoms with Gasteiger partial charge in [0, 0.05) is 12.6 Å². The highest BCUT2D eigenvalue weighted by atomic mass is 16.5. The quantitative estimate of drug-likeness (QED) is 0.273. The molecule has 2 atom stereocenters. The smallest absolute Gasteiger partial charge is 0.247 e. The zero-order valence-electron chi connectivity index (χ0n) is 23.6. The zero-order chi connectivity index (χ0) is 28.8. The van der Waals surface area contributed by atoms with Crippen molar-refractivity contribution in [2.24, 2.45) is 5.92 Å². The first-order valence-electron chi connectivity index (χ1n) is 13.8. The van der Waals surface area contributed by atoms with Crippen molar-refractivity contribution in [3.05, 3.63) is 90.0 Å². The number of hydrogen-bond donors (Lipinski definition) is 1. The summed E-state index contributed by atoms with van der Waals surface area (Å²) in [6.45, 7) is 2.27. The molecule has 3 aromatic carbocycles. The molecule has 0 fully saturated rings. The number of aromatic nitrogens is 3. The lowest BCUT2D eigenvalue weighted by Gasteiger charge is -2.37. The molecule has 0 spiro atoms. The van der Waals surface area contributed by atoms with Crippen LogP contribution in [0.15, 0.2) is 78.9 Å². The molecule has 1 aliphatic rings. The molecule has 1 aromatic heterocycles. The summed E-state index contributed by atoms with van der Waals surface area (Å²) in [5.74, 6) is 0.553. The Morgan fingerprint density at radius 3 is 2.59 bits per heavy atom. The van der Waals surface area contributed by atoms with E-state index in [-0.39, 0.29) is 30.8 Å². The summed E-state index contributed by atoms with van der Waals surface area (Å²) in [6, 6.07) is 20.1.